The molecule has 1 aliphatic carbocycles. The van der Waals surface area contributed by atoms with E-state index in [-0.39, 0.29) is 0 Å². The quantitative estimate of drug-likeness (QED) is 0.808. The summed E-state index contributed by atoms with van der Waals surface area (Å²) in [5.41, 5.74) is 2.08. The Morgan fingerprint density at radius 1 is 1.20 bits per heavy atom. The summed E-state index contributed by atoms with van der Waals surface area (Å²) < 4.78 is 10.9. The van der Waals surface area contributed by atoms with Crippen LogP contribution in [0.15, 0.2) is 23.6 Å². The summed E-state index contributed by atoms with van der Waals surface area (Å²) in [6.45, 7) is 5.56. The van der Waals surface area contributed by atoms with E-state index >= 15 is 0 Å². The molecular formula is C20H28N2O2S. The van der Waals surface area contributed by atoms with Gasteiger partial charge in [0.25, 0.3) is 0 Å². The highest BCUT2D eigenvalue weighted by molar-refractivity contribution is 7.13. The molecule has 2 aromatic rings. The predicted octanol–water partition coefficient (Wildman–Crippen LogP) is 4.74. The predicted molar refractivity (Wildman–Crippen MR) is 103 cm³/mol. The van der Waals surface area contributed by atoms with E-state index in [0.717, 1.165) is 46.1 Å². The second-order valence-electron chi connectivity index (χ2n) is 6.94. The van der Waals surface area contributed by atoms with Gasteiger partial charge in [-0.05, 0) is 30.4 Å². The van der Waals surface area contributed by atoms with E-state index in [4.69, 9.17) is 14.5 Å². The molecule has 3 atom stereocenters. The fourth-order valence-electron chi connectivity index (χ4n) is 3.67. The average molecular weight is 361 g/mol. The molecule has 5 heteroatoms. The van der Waals surface area contributed by atoms with Crippen molar-refractivity contribution in [2.24, 2.45) is 11.8 Å². The molecule has 1 fully saturated rings. The Bertz CT molecular complexity index is 701. The first-order valence-electron chi connectivity index (χ1n) is 9.03. The SMILES string of the molecule is COc1cccc(-c2nc(CNC3CCCC(C)C3C)cs2)c1OC. The normalized spacial score (nSPS) is 23.4. The Labute approximate surface area is 154 Å². The maximum Gasteiger partial charge on any atom is 0.170 e. The van der Waals surface area contributed by atoms with Crippen LogP contribution in [0.25, 0.3) is 10.6 Å². The lowest BCUT2D eigenvalue weighted by atomic mass is 9.78. The zero-order valence-corrected chi connectivity index (χ0v) is 16.4. The molecule has 25 heavy (non-hydrogen) atoms. The molecule has 1 heterocycles. The largest absolute Gasteiger partial charge is 0.493 e. The van der Waals surface area contributed by atoms with Crippen LogP contribution in [-0.2, 0) is 6.54 Å². The van der Waals surface area contributed by atoms with Crippen molar-refractivity contribution >= 4 is 11.3 Å². The van der Waals surface area contributed by atoms with Crippen LogP contribution in [0.3, 0.4) is 0 Å². The summed E-state index contributed by atoms with van der Waals surface area (Å²) in [4.78, 5) is 4.81. The summed E-state index contributed by atoms with van der Waals surface area (Å²) in [7, 11) is 3.33. The number of ether oxygens (including phenoxy) is 2. The van der Waals surface area contributed by atoms with Crippen molar-refractivity contribution in [3.63, 3.8) is 0 Å². The smallest absolute Gasteiger partial charge is 0.170 e. The van der Waals surface area contributed by atoms with Gasteiger partial charge in [0.2, 0.25) is 0 Å². The summed E-state index contributed by atoms with van der Waals surface area (Å²) in [5, 5.41) is 6.83. The minimum atomic E-state index is 0.597. The molecule has 0 bridgehead atoms. The maximum absolute atomic E-state index is 5.54. The maximum atomic E-state index is 5.54. The molecule has 0 saturated heterocycles. The number of aromatic nitrogens is 1. The summed E-state index contributed by atoms with van der Waals surface area (Å²) in [6, 6.07) is 6.51. The van der Waals surface area contributed by atoms with Gasteiger partial charge in [0, 0.05) is 18.0 Å². The van der Waals surface area contributed by atoms with Gasteiger partial charge in [-0.15, -0.1) is 11.3 Å². The van der Waals surface area contributed by atoms with E-state index in [1.807, 2.05) is 18.2 Å². The van der Waals surface area contributed by atoms with Crippen LogP contribution in [0.4, 0.5) is 0 Å². The van der Waals surface area contributed by atoms with Crippen LogP contribution < -0.4 is 14.8 Å². The van der Waals surface area contributed by atoms with Crippen molar-refractivity contribution in [2.45, 2.75) is 45.7 Å². The highest BCUT2D eigenvalue weighted by Gasteiger charge is 2.26. The molecule has 1 saturated carbocycles. The number of para-hydroxylation sites is 1. The number of methoxy groups -OCH3 is 2. The molecule has 1 aromatic carbocycles. The van der Waals surface area contributed by atoms with Crippen LogP contribution in [-0.4, -0.2) is 25.2 Å². The van der Waals surface area contributed by atoms with E-state index < -0.39 is 0 Å². The fraction of sp³-hybridized carbons (Fsp3) is 0.550. The van der Waals surface area contributed by atoms with Gasteiger partial charge in [0.15, 0.2) is 11.5 Å². The van der Waals surface area contributed by atoms with E-state index in [1.165, 1.54) is 19.3 Å². The van der Waals surface area contributed by atoms with Gasteiger partial charge in [-0.25, -0.2) is 4.98 Å². The lowest BCUT2D eigenvalue weighted by molar-refractivity contribution is 0.205. The van der Waals surface area contributed by atoms with Gasteiger partial charge < -0.3 is 14.8 Å². The van der Waals surface area contributed by atoms with Crippen molar-refractivity contribution < 1.29 is 9.47 Å². The molecule has 1 aliphatic rings. The van der Waals surface area contributed by atoms with Crippen LogP contribution in [0.5, 0.6) is 11.5 Å². The Kier molecular flexibility index (Phi) is 5.97. The minimum Gasteiger partial charge on any atom is -0.493 e. The molecule has 1 aromatic heterocycles. The third-order valence-electron chi connectivity index (χ3n) is 5.44. The minimum absolute atomic E-state index is 0.597. The lowest BCUT2D eigenvalue weighted by Crippen LogP contribution is -2.40. The van der Waals surface area contributed by atoms with Gasteiger partial charge in [-0.2, -0.15) is 0 Å². The lowest BCUT2D eigenvalue weighted by Gasteiger charge is -2.34. The molecule has 3 rings (SSSR count). The topological polar surface area (TPSA) is 43.4 Å². The standard InChI is InChI=1S/C20H28N2O2S/c1-13-7-5-9-17(14(13)2)21-11-15-12-25-20(22-15)16-8-6-10-18(23-3)19(16)24-4/h6,8,10,12-14,17,21H,5,7,9,11H2,1-4H3. The number of hydrogen-bond donors (Lipinski definition) is 1. The monoisotopic (exact) mass is 360 g/mol. The van der Waals surface area contributed by atoms with Gasteiger partial charge in [0.05, 0.1) is 25.5 Å². The van der Waals surface area contributed by atoms with E-state index in [9.17, 15) is 0 Å². The molecule has 1 N–H and O–H groups in total. The molecule has 3 unspecified atom stereocenters. The fourth-order valence-corrected chi connectivity index (χ4v) is 4.51. The zero-order valence-electron chi connectivity index (χ0n) is 15.5. The van der Waals surface area contributed by atoms with Crippen LogP contribution >= 0.6 is 11.3 Å². The number of nitrogens with one attached hydrogen (secondary N) is 1. The van der Waals surface area contributed by atoms with Gasteiger partial charge in [0.1, 0.15) is 5.01 Å². The first-order chi connectivity index (χ1) is 12.1. The summed E-state index contributed by atoms with van der Waals surface area (Å²) in [5.74, 6) is 3.01. The van der Waals surface area contributed by atoms with Crippen molar-refractivity contribution in [1.29, 1.82) is 0 Å². The zero-order chi connectivity index (χ0) is 17.8. The van der Waals surface area contributed by atoms with Crippen molar-refractivity contribution in [3.05, 3.63) is 29.3 Å². The highest BCUT2D eigenvalue weighted by atomic mass is 32.1. The van der Waals surface area contributed by atoms with E-state index in [0.29, 0.717) is 6.04 Å². The Morgan fingerprint density at radius 3 is 2.80 bits per heavy atom. The molecule has 4 nitrogen and oxygen atoms in total. The molecule has 136 valence electrons. The number of rotatable bonds is 6. The first-order valence-corrected chi connectivity index (χ1v) is 9.91. The van der Waals surface area contributed by atoms with Crippen LogP contribution in [0.1, 0.15) is 38.8 Å². The second kappa shape index (κ2) is 8.19. The second-order valence-corrected chi connectivity index (χ2v) is 7.80. The molecule has 0 radical (unpaired) electrons. The number of thiazole rings is 1. The number of benzene rings is 1. The van der Waals surface area contributed by atoms with Crippen molar-refractivity contribution in [2.75, 3.05) is 14.2 Å². The van der Waals surface area contributed by atoms with Crippen molar-refractivity contribution in [3.8, 4) is 22.1 Å². The molecule has 0 aliphatic heterocycles. The molecule has 0 spiro atoms. The highest BCUT2D eigenvalue weighted by Crippen LogP contribution is 2.39. The molecular weight excluding hydrogens is 332 g/mol. The van der Waals surface area contributed by atoms with Crippen LogP contribution in [0.2, 0.25) is 0 Å². The van der Waals surface area contributed by atoms with Gasteiger partial charge in [-0.1, -0.05) is 32.8 Å². The van der Waals surface area contributed by atoms with Crippen LogP contribution in [0, 0.1) is 11.8 Å². The summed E-state index contributed by atoms with van der Waals surface area (Å²) in [6.07, 6.45) is 3.95. The third kappa shape index (κ3) is 3.98. The first kappa shape index (κ1) is 18.2. The van der Waals surface area contributed by atoms with Gasteiger partial charge in [-0.3, -0.25) is 0 Å². The Morgan fingerprint density at radius 2 is 2.04 bits per heavy atom. The Hall–Kier alpha value is -1.59. The number of hydrogen-bond acceptors (Lipinski definition) is 5. The Balaban J connectivity index is 1.71. The number of nitrogens with zero attached hydrogens (tertiary/aromatic N) is 1. The molecule has 0 amide bonds. The van der Waals surface area contributed by atoms with Gasteiger partial charge >= 0.3 is 0 Å². The summed E-state index contributed by atoms with van der Waals surface area (Å²) >= 11 is 1.65. The van der Waals surface area contributed by atoms with E-state index in [1.54, 1.807) is 25.6 Å². The van der Waals surface area contributed by atoms with E-state index in [2.05, 4.69) is 24.5 Å². The van der Waals surface area contributed by atoms with Crippen molar-refractivity contribution in [1.82, 2.24) is 10.3 Å². The average Bonchev–Trinajstić information content (AvgIpc) is 3.11. The third-order valence-corrected chi connectivity index (χ3v) is 6.36.